The van der Waals surface area contributed by atoms with E-state index in [9.17, 15) is 9.36 Å². The van der Waals surface area contributed by atoms with E-state index < -0.39 is 7.82 Å². The lowest BCUT2D eigenvalue weighted by Gasteiger charge is -2.23. The van der Waals surface area contributed by atoms with Crippen LogP contribution in [-0.2, 0) is 18.6 Å². The van der Waals surface area contributed by atoms with Crippen LogP contribution in [0.3, 0.4) is 0 Å². The minimum atomic E-state index is -4.26. The molecular weight excluding hydrogens is 299 g/mol. The van der Waals surface area contributed by atoms with E-state index in [-0.39, 0.29) is 12.6 Å². The first-order valence-corrected chi connectivity index (χ1v) is 8.10. The third kappa shape index (κ3) is 28.4. The lowest BCUT2D eigenvalue weighted by atomic mass is 10.5. The Bertz CT molecular complexity index is 343. The minimum Gasteiger partial charge on any atom is -0.460 e. The number of likely N-dealkylation sites (N-methyl/N-ethyl adjacent to an activating group) is 2. The second kappa shape index (κ2) is 9.50. The molecule has 0 saturated carbocycles. The molecule has 2 N–H and O–H groups in total. The molecule has 0 aliphatic carbocycles. The molecule has 21 heavy (non-hydrogen) atoms. The highest BCUT2D eigenvalue weighted by molar-refractivity contribution is 7.46. The van der Waals surface area contributed by atoms with Crippen LogP contribution in [0.1, 0.15) is 6.92 Å². The maximum absolute atomic E-state index is 10.3. The van der Waals surface area contributed by atoms with E-state index in [1.807, 2.05) is 21.1 Å². The molecular formula is C12H31N2O6P+2. The van der Waals surface area contributed by atoms with Crippen molar-refractivity contribution >= 4 is 13.8 Å². The monoisotopic (exact) mass is 330 g/mol. The molecule has 0 fully saturated rings. The first kappa shape index (κ1) is 22.8. The van der Waals surface area contributed by atoms with Crippen LogP contribution in [0, 0.1) is 0 Å². The topological polar surface area (TPSA) is 93.1 Å². The quantitative estimate of drug-likeness (QED) is 0.389. The van der Waals surface area contributed by atoms with Crippen LogP contribution in [0.25, 0.3) is 0 Å². The first-order chi connectivity index (χ1) is 9.12. The SMILES string of the molecule is CC(=O)OCC[N+](C)(C)C.C[N+](C)(C)CCOP(=O)(O)O. The number of phosphoric ester groups is 1. The summed E-state index contributed by atoms with van der Waals surface area (Å²) < 4.78 is 20.7. The Kier molecular flexibility index (Phi) is 10.3. The number of phosphoric acid groups is 1. The number of ether oxygens (including phenoxy) is 1. The van der Waals surface area contributed by atoms with E-state index in [4.69, 9.17) is 14.5 Å². The normalized spacial score (nSPS) is 12.4. The molecule has 8 nitrogen and oxygen atoms in total. The molecule has 9 heteroatoms. The molecule has 0 radical (unpaired) electrons. The maximum Gasteiger partial charge on any atom is 0.469 e. The van der Waals surface area contributed by atoms with Crippen LogP contribution in [0.4, 0.5) is 0 Å². The van der Waals surface area contributed by atoms with E-state index in [1.165, 1.54) is 6.92 Å². The number of hydrogen-bond donors (Lipinski definition) is 2. The molecule has 128 valence electrons. The molecule has 0 atom stereocenters. The number of rotatable bonds is 7. The van der Waals surface area contributed by atoms with Crippen LogP contribution in [0.15, 0.2) is 0 Å². The summed E-state index contributed by atoms with van der Waals surface area (Å²) in [6.07, 6.45) is 0. The molecule has 0 aliphatic rings. The van der Waals surface area contributed by atoms with Crippen molar-refractivity contribution in [3.63, 3.8) is 0 Å². The fraction of sp³-hybridized carbons (Fsp3) is 0.917. The van der Waals surface area contributed by atoms with Gasteiger partial charge in [0, 0.05) is 6.92 Å². The number of nitrogens with zero attached hydrogens (tertiary/aromatic N) is 2. The minimum absolute atomic E-state index is 0.0772. The Morgan fingerprint density at radius 3 is 1.62 bits per heavy atom. The summed E-state index contributed by atoms with van der Waals surface area (Å²) in [5.74, 6) is -0.201. The molecule has 0 spiro atoms. The predicted molar refractivity (Wildman–Crippen MR) is 80.4 cm³/mol. The van der Waals surface area contributed by atoms with Crippen molar-refractivity contribution in [1.82, 2.24) is 0 Å². The van der Waals surface area contributed by atoms with Crippen LogP contribution in [-0.4, -0.2) is 93.3 Å². The van der Waals surface area contributed by atoms with Gasteiger partial charge in [-0.3, -0.25) is 9.32 Å². The van der Waals surface area contributed by atoms with Crippen molar-refractivity contribution < 1.29 is 37.4 Å². The van der Waals surface area contributed by atoms with Gasteiger partial charge in [-0.15, -0.1) is 0 Å². The number of quaternary nitrogens is 2. The zero-order chi connectivity index (χ0) is 17.3. The van der Waals surface area contributed by atoms with Crippen molar-refractivity contribution in [1.29, 1.82) is 0 Å². The summed E-state index contributed by atoms with van der Waals surface area (Å²) in [5.41, 5.74) is 0. The van der Waals surface area contributed by atoms with Crippen LogP contribution in [0.5, 0.6) is 0 Å². The standard InChI is InChI=1S/C7H16NO2.C5H14NO4P/c1-7(9)10-6-5-8(2,3)4;1-6(2,3)4-5-10-11(7,8)9/h5-6H2,1-4H3;4-5H2,1-3H3,(H-,7,8,9)/q+1;/p+1. The van der Waals surface area contributed by atoms with Gasteiger partial charge in [0.2, 0.25) is 0 Å². The van der Waals surface area contributed by atoms with Gasteiger partial charge in [0.15, 0.2) is 0 Å². The summed E-state index contributed by atoms with van der Waals surface area (Å²) in [6, 6.07) is 0. The highest BCUT2D eigenvalue weighted by atomic mass is 31.2. The maximum atomic E-state index is 10.3. The zero-order valence-electron chi connectivity index (χ0n) is 14.2. The van der Waals surface area contributed by atoms with Gasteiger partial charge in [-0.2, -0.15) is 0 Å². The number of hydrogen-bond acceptors (Lipinski definition) is 4. The van der Waals surface area contributed by atoms with Gasteiger partial charge in [-0.05, 0) is 0 Å². The fourth-order valence-corrected chi connectivity index (χ4v) is 1.22. The first-order valence-electron chi connectivity index (χ1n) is 6.57. The van der Waals surface area contributed by atoms with Crippen LogP contribution < -0.4 is 0 Å². The van der Waals surface area contributed by atoms with E-state index in [0.717, 1.165) is 11.0 Å². The average Bonchev–Trinajstić information content (AvgIpc) is 2.10. The second-order valence-electron chi connectivity index (χ2n) is 6.69. The summed E-state index contributed by atoms with van der Waals surface area (Å²) in [6.45, 7) is 3.45. The lowest BCUT2D eigenvalue weighted by molar-refractivity contribution is -0.870. The zero-order valence-corrected chi connectivity index (χ0v) is 15.1. The van der Waals surface area contributed by atoms with Gasteiger partial charge in [0.25, 0.3) is 0 Å². The summed E-state index contributed by atoms with van der Waals surface area (Å²) in [4.78, 5) is 26.9. The molecule has 0 amide bonds. The molecule has 0 bridgehead atoms. The van der Waals surface area contributed by atoms with E-state index >= 15 is 0 Å². The van der Waals surface area contributed by atoms with E-state index in [1.54, 1.807) is 0 Å². The summed E-state index contributed by atoms with van der Waals surface area (Å²) in [5, 5.41) is 0. The number of carbonyl (C=O) groups is 1. The average molecular weight is 330 g/mol. The van der Waals surface area contributed by atoms with Gasteiger partial charge in [-0.25, -0.2) is 4.57 Å². The predicted octanol–water partition coefficient (Wildman–Crippen LogP) is 0.0576. The Morgan fingerprint density at radius 2 is 1.33 bits per heavy atom. The Balaban J connectivity index is 0. The Labute approximate surface area is 127 Å². The second-order valence-corrected chi connectivity index (χ2v) is 7.93. The Hall–Kier alpha value is -0.500. The number of esters is 1. The number of carbonyl (C=O) groups excluding carboxylic acids is 1. The molecule has 0 heterocycles. The molecule has 0 aromatic carbocycles. The van der Waals surface area contributed by atoms with Crippen molar-refractivity contribution in [2.75, 3.05) is 68.6 Å². The van der Waals surface area contributed by atoms with Gasteiger partial charge in [-0.1, -0.05) is 0 Å². The molecule has 0 aromatic heterocycles. The fourth-order valence-electron chi connectivity index (χ4n) is 0.897. The smallest absolute Gasteiger partial charge is 0.460 e. The third-order valence-electron chi connectivity index (χ3n) is 2.09. The summed E-state index contributed by atoms with van der Waals surface area (Å²) in [7, 11) is 7.67. The lowest BCUT2D eigenvalue weighted by Crippen LogP contribution is -2.37. The third-order valence-corrected chi connectivity index (χ3v) is 2.61. The van der Waals surface area contributed by atoms with Crippen LogP contribution >= 0.6 is 7.82 Å². The van der Waals surface area contributed by atoms with Crippen molar-refractivity contribution in [2.24, 2.45) is 0 Å². The van der Waals surface area contributed by atoms with E-state index in [2.05, 4.69) is 25.7 Å². The highest BCUT2D eigenvalue weighted by Crippen LogP contribution is 2.35. The van der Waals surface area contributed by atoms with Crippen molar-refractivity contribution in [3.05, 3.63) is 0 Å². The van der Waals surface area contributed by atoms with Gasteiger partial charge < -0.3 is 23.5 Å². The Morgan fingerprint density at radius 1 is 0.952 bits per heavy atom. The van der Waals surface area contributed by atoms with Gasteiger partial charge in [0.05, 0.1) is 42.3 Å². The van der Waals surface area contributed by atoms with Crippen molar-refractivity contribution in [3.8, 4) is 0 Å². The van der Waals surface area contributed by atoms with Crippen LogP contribution in [0.2, 0.25) is 0 Å². The molecule has 0 unspecified atom stereocenters. The largest absolute Gasteiger partial charge is 0.469 e. The molecule has 0 rings (SSSR count). The summed E-state index contributed by atoms with van der Waals surface area (Å²) >= 11 is 0. The van der Waals surface area contributed by atoms with E-state index in [0.29, 0.717) is 17.6 Å². The van der Waals surface area contributed by atoms with Crippen molar-refractivity contribution in [2.45, 2.75) is 6.92 Å². The van der Waals surface area contributed by atoms with Gasteiger partial charge >= 0.3 is 13.8 Å². The van der Waals surface area contributed by atoms with Gasteiger partial charge in [0.1, 0.15) is 26.3 Å². The molecule has 0 saturated heterocycles. The molecule has 0 aromatic rings. The highest BCUT2D eigenvalue weighted by Gasteiger charge is 2.16. The molecule has 0 aliphatic heterocycles.